The lowest BCUT2D eigenvalue weighted by Crippen LogP contribution is -2.10. The summed E-state index contributed by atoms with van der Waals surface area (Å²) in [6.45, 7) is 2.02. The minimum Gasteiger partial charge on any atom is -0.308 e. The fourth-order valence-electron chi connectivity index (χ4n) is 1.77. The van der Waals surface area contributed by atoms with E-state index in [2.05, 4.69) is 31.3 Å². The van der Waals surface area contributed by atoms with E-state index in [1.807, 2.05) is 6.92 Å². The molecule has 1 aromatic heterocycles. The minimum atomic E-state index is -0.964. The summed E-state index contributed by atoms with van der Waals surface area (Å²) >= 11 is 3.03. The first-order valence-electron chi connectivity index (χ1n) is 6.05. The van der Waals surface area contributed by atoms with E-state index < -0.39 is 11.6 Å². The minimum absolute atomic E-state index is 0.00544. The van der Waals surface area contributed by atoms with Crippen LogP contribution in [0.1, 0.15) is 19.0 Å². The quantitative estimate of drug-likeness (QED) is 0.507. The Bertz CT molecular complexity index is 634. The Hall–Kier alpha value is -1.60. The highest BCUT2D eigenvalue weighted by Crippen LogP contribution is 2.30. The zero-order valence-corrected chi connectivity index (χ0v) is 12.3. The van der Waals surface area contributed by atoms with E-state index >= 15 is 0 Å². The van der Waals surface area contributed by atoms with E-state index in [0.717, 1.165) is 24.6 Å². The number of anilines is 1. The fourth-order valence-corrected chi connectivity index (χ4v) is 2.27. The number of nitrogens with one attached hydrogen (secondary N) is 1. The van der Waals surface area contributed by atoms with Crippen LogP contribution in [0.2, 0.25) is 0 Å². The molecule has 0 aliphatic rings. The van der Waals surface area contributed by atoms with Gasteiger partial charge in [-0.25, -0.2) is 24.6 Å². The average Bonchev–Trinajstić information content (AvgIpc) is 2.45. The van der Waals surface area contributed by atoms with Gasteiger partial charge in [0.05, 0.1) is 4.47 Å². The molecule has 4 nitrogen and oxygen atoms in total. The SMILES string of the molecule is CCCc1cc(NN)nc(-c2ccc(F)c(F)c2Br)n1. The number of nitrogen functional groups attached to an aromatic ring is 1. The molecule has 2 aromatic rings. The van der Waals surface area contributed by atoms with Gasteiger partial charge in [-0.3, -0.25) is 0 Å². The summed E-state index contributed by atoms with van der Waals surface area (Å²) < 4.78 is 26.7. The molecule has 0 fully saturated rings. The molecule has 1 aromatic carbocycles. The molecule has 0 atom stereocenters. The third-order valence-corrected chi connectivity index (χ3v) is 3.48. The van der Waals surface area contributed by atoms with E-state index in [1.54, 1.807) is 6.07 Å². The summed E-state index contributed by atoms with van der Waals surface area (Å²) in [4.78, 5) is 8.52. The topological polar surface area (TPSA) is 63.8 Å². The Balaban J connectivity index is 2.57. The van der Waals surface area contributed by atoms with E-state index in [-0.39, 0.29) is 10.3 Å². The van der Waals surface area contributed by atoms with Gasteiger partial charge in [0, 0.05) is 17.3 Å². The summed E-state index contributed by atoms with van der Waals surface area (Å²) in [5.74, 6) is 4.19. The van der Waals surface area contributed by atoms with Crippen LogP contribution in [0.3, 0.4) is 0 Å². The first kappa shape index (κ1) is 14.8. The lowest BCUT2D eigenvalue weighted by atomic mass is 10.2. The van der Waals surface area contributed by atoms with E-state index in [4.69, 9.17) is 5.84 Å². The Kier molecular flexibility index (Phi) is 4.61. The predicted octanol–water partition coefficient (Wildman–Crippen LogP) is 3.42. The maximum atomic E-state index is 13.6. The lowest BCUT2D eigenvalue weighted by Gasteiger charge is -2.09. The van der Waals surface area contributed by atoms with Gasteiger partial charge < -0.3 is 5.43 Å². The summed E-state index contributed by atoms with van der Waals surface area (Å²) in [6, 6.07) is 4.19. The number of aromatic nitrogens is 2. The van der Waals surface area contributed by atoms with Crippen LogP contribution < -0.4 is 11.3 Å². The number of hydrazine groups is 1. The van der Waals surface area contributed by atoms with Gasteiger partial charge in [-0.05, 0) is 34.5 Å². The summed E-state index contributed by atoms with van der Waals surface area (Å²) in [5.41, 5.74) is 3.60. The van der Waals surface area contributed by atoms with Gasteiger partial charge in [0.1, 0.15) is 5.82 Å². The average molecular weight is 343 g/mol. The van der Waals surface area contributed by atoms with E-state index in [0.29, 0.717) is 11.4 Å². The second kappa shape index (κ2) is 6.23. The van der Waals surface area contributed by atoms with Crippen molar-refractivity contribution in [1.29, 1.82) is 0 Å². The van der Waals surface area contributed by atoms with Gasteiger partial charge in [-0.1, -0.05) is 13.3 Å². The standard InChI is InChI=1S/C13H13BrF2N4/c1-2-3-7-6-10(20-17)19-13(18-7)8-4-5-9(15)12(16)11(8)14/h4-6H,2-3,17H2,1H3,(H,18,19,20). The molecule has 7 heteroatoms. The van der Waals surface area contributed by atoms with Crippen molar-refractivity contribution in [2.24, 2.45) is 5.84 Å². The summed E-state index contributed by atoms with van der Waals surface area (Å²) in [7, 11) is 0. The molecule has 0 aliphatic carbocycles. The van der Waals surface area contributed by atoms with Crippen LogP contribution in [0.25, 0.3) is 11.4 Å². The summed E-state index contributed by atoms with van der Waals surface area (Å²) in [5, 5.41) is 0. The molecule has 0 saturated heterocycles. The van der Waals surface area contributed by atoms with Crippen molar-refractivity contribution in [2.75, 3.05) is 5.43 Å². The van der Waals surface area contributed by atoms with Crippen LogP contribution in [0.4, 0.5) is 14.6 Å². The number of halogens is 3. The number of hydrogen-bond donors (Lipinski definition) is 2. The maximum absolute atomic E-state index is 13.6. The molecule has 0 spiro atoms. The molecule has 0 saturated carbocycles. The van der Waals surface area contributed by atoms with Crippen molar-refractivity contribution < 1.29 is 8.78 Å². The molecule has 106 valence electrons. The maximum Gasteiger partial charge on any atom is 0.173 e. The Labute approximate surface area is 123 Å². The first-order valence-corrected chi connectivity index (χ1v) is 6.84. The largest absolute Gasteiger partial charge is 0.308 e. The van der Waals surface area contributed by atoms with Gasteiger partial charge in [-0.2, -0.15) is 0 Å². The molecule has 0 aliphatic heterocycles. The molecule has 20 heavy (non-hydrogen) atoms. The van der Waals surface area contributed by atoms with E-state index in [1.165, 1.54) is 6.07 Å². The molecule has 1 heterocycles. The molecule has 0 amide bonds. The van der Waals surface area contributed by atoms with Crippen molar-refractivity contribution in [2.45, 2.75) is 19.8 Å². The van der Waals surface area contributed by atoms with Gasteiger partial charge >= 0.3 is 0 Å². The number of benzene rings is 1. The van der Waals surface area contributed by atoms with Crippen LogP contribution >= 0.6 is 15.9 Å². The molecule has 0 radical (unpaired) electrons. The molecule has 0 unspecified atom stereocenters. The highest BCUT2D eigenvalue weighted by molar-refractivity contribution is 9.10. The van der Waals surface area contributed by atoms with Gasteiger partial charge in [0.2, 0.25) is 0 Å². The Morgan fingerprint density at radius 2 is 2.05 bits per heavy atom. The van der Waals surface area contributed by atoms with Crippen LogP contribution in [0.15, 0.2) is 22.7 Å². The van der Waals surface area contributed by atoms with Gasteiger partial charge in [-0.15, -0.1) is 0 Å². The normalized spacial score (nSPS) is 10.7. The molecule has 2 rings (SSSR count). The van der Waals surface area contributed by atoms with Gasteiger partial charge in [0.25, 0.3) is 0 Å². The van der Waals surface area contributed by atoms with Crippen molar-refractivity contribution in [3.8, 4) is 11.4 Å². The van der Waals surface area contributed by atoms with Crippen molar-refractivity contribution in [3.63, 3.8) is 0 Å². The zero-order valence-electron chi connectivity index (χ0n) is 10.8. The third kappa shape index (κ3) is 2.94. The van der Waals surface area contributed by atoms with E-state index in [9.17, 15) is 8.78 Å². The van der Waals surface area contributed by atoms with Crippen LogP contribution in [-0.2, 0) is 6.42 Å². The molecule has 3 N–H and O–H groups in total. The number of aryl methyl sites for hydroxylation is 1. The highest BCUT2D eigenvalue weighted by atomic mass is 79.9. The van der Waals surface area contributed by atoms with Crippen LogP contribution in [0.5, 0.6) is 0 Å². The third-order valence-electron chi connectivity index (χ3n) is 2.71. The van der Waals surface area contributed by atoms with Crippen molar-refractivity contribution >= 4 is 21.7 Å². The fraction of sp³-hybridized carbons (Fsp3) is 0.231. The van der Waals surface area contributed by atoms with Crippen LogP contribution in [0, 0.1) is 11.6 Å². The number of nitrogens with zero attached hydrogens (tertiary/aromatic N) is 2. The van der Waals surface area contributed by atoms with Gasteiger partial charge in [0.15, 0.2) is 17.5 Å². The zero-order chi connectivity index (χ0) is 14.7. The predicted molar refractivity (Wildman–Crippen MR) is 76.9 cm³/mol. The molecular formula is C13H13BrF2N4. The Morgan fingerprint density at radius 3 is 2.70 bits per heavy atom. The number of nitrogens with two attached hydrogens (primary N) is 1. The van der Waals surface area contributed by atoms with Crippen molar-refractivity contribution in [1.82, 2.24) is 9.97 Å². The molecular weight excluding hydrogens is 330 g/mol. The summed E-state index contributed by atoms with van der Waals surface area (Å²) in [6.07, 6.45) is 1.64. The highest BCUT2D eigenvalue weighted by Gasteiger charge is 2.15. The van der Waals surface area contributed by atoms with Crippen molar-refractivity contribution in [3.05, 3.63) is 40.0 Å². The second-order valence-corrected chi connectivity index (χ2v) is 4.98. The Morgan fingerprint density at radius 1 is 1.30 bits per heavy atom. The smallest absolute Gasteiger partial charge is 0.173 e. The lowest BCUT2D eigenvalue weighted by molar-refractivity contribution is 0.504. The first-order chi connectivity index (χ1) is 9.56. The van der Waals surface area contributed by atoms with Crippen LogP contribution in [-0.4, -0.2) is 9.97 Å². The number of hydrogen-bond acceptors (Lipinski definition) is 4. The second-order valence-electron chi connectivity index (χ2n) is 4.19. The molecule has 0 bridgehead atoms. The number of rotatable bonds is 4. The monoisotopic (exact) mass is 342 g/mol.